The Morgan fingerprint density at radius 3 is 2.43 bits per heavy atom. The van der Waals surface area contributed by atoms with E-state index in [2.05, 4.69) is 25.9 Å². The minimum absolute atomic E-state index is 0.0773. The highest BCUT2D eigenvalue weighted by molar-refractivity contribution is 9.10. The number of aromatic nitrogens is 3. The van der Waals surface area contributed by atoms with Gasteiger partial charge in [0.1, 0.15) is 10.3 Å². The van der Waals surface area contributed by atoms with Gasteiger partial charge in [-0.2, -0.15) is 0 Å². The second-order valence-corrected chi connectivity index (χ2v) is 7.50. The van der Waals surface area contributed by atoms with Gasteiger partial charge in [0.05, 0.1) is 12.2 Å². The van der Waals surface area contributed by atoms with Crippen molar-refractivity contribution in [3.05, 3.63) is 95.5 Å². The molecule has 3 aromatic rings. The van der Waals surface area contributed by atoms with Crippen molar-refractivity contribution in [2.24, 2.45) is 0 Å². The molecule has 6 nitrogen and oxygen atoms in total. The van der Waals surface area contributed by atoms with Crippen molar-refractivity contribution >= 4 is 21.7 Å². The Kier molecular flexibility index (Phi) is 5.74. The third kappa shape index (κ3) is 4.04. The molecule has 0 aliphatic heterocycles. The third-order valence-corrected chi connectivity index (χ3v) is 4.88. The molecule has 0 radical (unpaired) electrons. The molecule has 0 atom stereocenters. The summed E-state index contributed by atoms with van der Waals surface area (Å²) in [6.45, 7) is 5.67. The van der Waals surface area contributed by atoms with Gasteiger partial charge in [-0.05, 0) is 60.5 Å². The first-order valence-electron chi connectivity index (χ1n) is 8.90. The van der Waals surface area contributed by atoms with Gasteiger partial charge in [-0.3, -0.25) is 19.1 Å². The van der Waals surface area contributed by atoms with Gasteiger partial charge in [-0.25, -0.2) is 9.78 Å². The maximum Gasteiger partial charge on any atom is 0.329 e. The Morgan fingerprint density at radius 1 is 1.14 bits per heavy atom. The van der Waals surface area contributed by atoms with Crippen LogP contribution in [0.1, 0.15) is 45.4 Å². The predicted octanol–water partition coefficient (Wildman–Crippen LogP) is 3.15. The molecule has 7 heteroatoms. The molecular weight excluding hydrogens is 422 g/mol. The standard InChI is InChI=1S/C21H20BrN3O3/c1-4-16-18(19(26)14-9-12(2)8-13(3)10-14)25(21(28)24-20(16)27)11-15-6-5-7-17(22)23-15/h5-10H,4,11H2,1-3H3,(H,24,27,28). The van der Waals surface area contributed by atoms with Gasteiger partial charge in [0, 0.05) is 11.1 Å². The van der Waals surface area contributed by atoms with Gasteiger partial charge >= 0.3 is 5.69 Å². The molecule has 0 amide bonds. The molecule has 0 fully saturated rings. The van der Waals surface area contributed by atoms with E-state index in [0.717, 1.165) is 11.1 Å². The van der Waals surface area contributed by atoms with E-state index >= 15 is 0 Å². The Labute approximate surface area is 170 Å². The summed E-state index contributed by atoms with van der Waals surface area (Å²) in [4.78, 5) is 45.0. The number of carbonyl (C=O) groups excluding carboxylic acids is 1. The number of aromatic amines is 1. The third-order valence-electron chi connectivity index (χ3n) is 4.44. The van der Waals surface area contributed by atoms with E-state index in [9.17, 15) is 14.4 Å². The summed E-state index contributed by atoms with van der Waals surface area (Å²) in [6.07, 6.45) is 0.327. The number of halogens is 1. The lowest BCUT2D eigenvalue weighted by Crippen LogP contribution is -2.37. The zero-order chi connectivity index (χ0) is 20.4. The monoisotopic (exact) mass is 441 g/mol. The number of pyridine rings is 1. The first kappa shape index (κ1) is 19.9. The normalized spacial score (nSPS) is 10.9. The average molecular weight is 442 g/mol. The van der Waals surface area contributed by atoms with E-state index in [4.69, 9.17) is 0 Å². The highest BCUT2D eigenvalue weighted by Crippen LogP contribution is 2.16. The summed E-state index contributed by atoms with van der Waals surface area (Å²) in [5.41, 5.74) is 2.17. The second-order valence-electron chi connectivity index (χ2n) is 6.68. The van der Waals surface area contributed by atoms with Crippen LogP contribution in [0.2, 0.25) is 0 Å². The zero-order valence-electron chi connectivity index (χ0n) is 15.9. The fraction of sp³-hybridized carbons (Fsp3) is 0.238. The fourth-order valence-corrected chi connectivity index (χ4v) is 3.67. The van der Waals surface area contributed by atoms with E-state index in [1.165, 1.54) is 4.57 Å². The molecule has 0 aliphatic rings. The topological polar surface area (TPSA) is 84.8 Å². The zero-order valence-corrected chi connectivity index (χ0v) is 17.5. The van der Waals surface area contributed by atoms with E-state index < -0.39 is 11.2 Å². The molecule has 1 aromatic carbocycles. The SMILES string of the molecule is CCc1c(C(=O)c2cc(C)cc(C)c2)n(Cc2cccc(Br)n2)c(=O)[nH]c1=O. The van der Waals surface area contributed by atoms with Crippen LogP contribution < -0.4 is 11.2 Å². The molecule has 0 saturated heterocycles. The Hall–Kier alpha value is -2.80. The van der Waals surface area contributed by atoms with Crippen LogP contribution in [0.5, 0.6) is 0 Å². The predicted molar refractivity (Wildman–Crippen MR) is 111 cm³/mol. The van der Waals surface area contributed by atoms with Crippen LogP contribution in [0.15, 0.2) is 50.6 Å². The number of hydrogen-bond acceptors (Lipinski definition) is 4. The van der Waals surface area contributed by atoms with Crippen LogP contribution in [-0.2, 0) is 13.0 Å². The molecule has 2 heterocycles. The summed E-state index contributed by atoms with van der Waals surface area (Å²) in [6, 6.07) is 10.8. The number of rotatable bonds is 5. The number of nitrogens with one attached hydrogen (secondary N) is 1. The molecule has 2 aromatic heterocycles. The van der Waals surface area contributed by atoms with Crippen molar-refractivity contribution in [2.45, 2.75) is 33.7 Å². The first-order chi connectivity index (χ1) is 13.3. The maximum atomic E-state index is 13.4. The highest BCUT2D eigenvalue weighted by atomic mass is 79.9. The highest BCUT2D eigenvalue weighted by Gasteiger charge is 2.22. The van der Waals surface area contributed by atoms with Gasteiger partial charge in [0.2, 0.25) is 5.78 Å². The lowest BCUT2D eigenvalue weighted by molar-refractivity contribution is 0.102. The van der Waals surface area contributed by atoms with Gasteiger partial charge in [-0.15, -0.1) is 0 Å². The van der Waals surface area contributed by atoms with Crippen LogP contribution >= 0.6 is 15.9 Å². The van der Waals surface area contributed by atoms with Crippen LogP contribution in [0.25, 0.3) is 0 Å². The molecule has 0 aliphatic carbocycles. The number of benzene rings is 1. The minimum Gasteiger partial charge on any atom is -0.287 e. The molecular formula is C21H20BrN3O3. The van der Waals surface area contributed by atoms with E-state index in [1.54, 1.807) is 37.3 Å². The Morgan fingerprint density at radius 2 is 1.82 bits per heavy atom. The van der Waals surface area contributed by atoms with Crippen LogP contribution in [0.3, 0.4) is 0 Å². The van der Waals surface area contributed by atoms with Crippen LogP contribution in [-0.4, -0.2) is 20.3 Å². The number of hydrogen-bond donors (Lipinski definition) is 1. The number of H-pyrrole nitrogens is 1. The summed E-state index contributed by atoms with van der Waals surface area (Å²) >= 11 is 3.31. The van der Waals surface area contributed by atoms with Crippen molar-refractivity contribution in [1.29, 1.82) is 0 Å². The summed E-state index contributed by atoms with van der Waals surface area (Å²) in [5.74, 6) is -0.346. The van der Waals surface area contributed by atoms with E-state index in [0.29, 0.717) is 27.8 Å². The van der Waals surface area contributed by atoms with Crippen molar-refractivity contribution < 1.29 is 4.79 Å². The van der Waals surface area contributed by atoms with Gasteiger partial charge in [0.25, 0.3) is 5.56 Å². The lowest BCUT2D eigenvalue weighted by atomic mass is 9.99. The quantitative estimate of drug-likeness (QED) is 0.486. The molecule has 1 N–H and O–H groups in total. The van der Waals surface area contributed by atoms with Gasteiger partial charge in [-0.1, -0.05) is 30.2 Å². The summed E-state index contributed by atoms with van der Waals surface area (Å²) < 4.78 is 1.93. The maximum absolute atomic E-state index is 13.4. The largest absolute Gasteiger partial charge is 0.329 e. The van der Waals surface area contributed by atoms with E-state index in [-0.39, 0.29) is 18.0 Å². The number of ketones is 1. The number of aryl methyl sites for hydroxylation is 2. The molecule has 0 bridgehead atoms. The second kappa shape index (κ2) is 8.06. The Balaban J connectivity index is 2.24. The summed E-state index contributed by atoms with van der Waals surface area (Å²) in [5, 5.41) is 0. The lowest BCUT2D eigenvalue weighted by Gasteiger charge is -2.15. The minimum atomic E-state index is -0.628. The number of nitrogens with zero attached hydrogens (tertiary/aromatic N) is 2. The smallest absolute Gasteiger partial charge is 0.287 e. The Bertz CT molecular complexity index is 1160. The van der Waals surface area contributed by atoms with Crippen molar-refractivity contribution in [2.75, 3.05) is 0 Å². The van der Waals surface area contributed by atoms with Gasteiger partial charge in [0.15, 0.2) is 0 Å². The molecule has 0 unspecified atom stereocenters. The molecule has 3 rings (SSSR count). The number of carbonyl (C=O) groups is 1. The van der Waals surface area contributed by atoms with Crippen LogP contribution in [0, 0.1) is 13.8 Å². The fourth-order valence-electron chi connectivity index (χ4n) is 3.29. The average Bonchev–Trinajstić information content (AvgIpc) is 2.62. The van der Waals surface area contributed by atoms with Crippen molar-refractivity contribution in [3.8, 4) is 0 Å². The molecule has 0 saturated carbocycles. The summed E-state index contributed by atoms with van der Waals surface area (Å²) in [7, 11) is 0. The van der Waals surface area contributed by atoms with E-state index in [1.807, 2.05) is 19.9 Å². The molecule has 144 valence electrons. The first-order valence-corrected chi connectivity index (χ1v) is 9.70. The molecule has 28 heavy (non-hydrogen) atoms. The molecule has 0 spiro atoms. The van der Waals surface area contributed by atoms with Crippen molar-refractivity contribution in [1.82, 2.24) is 14.5 Å². The van der Waals surface area contributed by atoms with Crippen molar-refractivity contribution in [3.63, 3.8) is 0 Å². The van der Waals surface area contributed by atoms with Crippen LogP contribution in [0.4, 0.5) is 0 Å². The van der Waals surface area contributed by atoms with Gasteiger partial charge < -0.3 is 0 Å².